The molecule has 11 unspecified atom stereocenters. The number of hydrogen-bond acceptors (Lipinski definition) is 15. The Balaban J connectivity index is 1.86. The molecule has 2 amide bonds. The van der Waals surface area contributed by atoms with Gasteiger partial charge in [0.2, 0.25) is 18.1 Å². The number of non-ortho nitro benzene ring substituents is 1. The summed E-state index contributed by atoms with van der Waals surface area (Å²) in [5.74, 6) is -5.93. The van der Waals surface area contributed by atoms with Gasteiger partial charge >= 0.3 is 5.97 Å². The molecule has 2 saturated heterocycles. The van der Waals surface area contributed by atoms with Crippen LogP contribution in [0.15, 0.2) is 24.3 Å². The standard InChI is InChI=1S/C25H35N3O16/c1-10(30)26-17-14(32)7-25(24(37)38,44-22(17)19(34)15(33)8-29)41-9-16-20(35)21(36)18(27-11(2)31)23(43-16)42-13-5-3-12(4-6-13)28(39)40/h3-6,14-23,29,32-36H,7-9H2,1-2H3,(H,26,30)(H,27,31)(H,37,38). The number of aliphatic carboxylic acids is 1. The highest BCUT2D eigenvalue weighted by atomic mass is 16.7. The highest BCUT2D eigenvalue weighted by Gasteiger charge is 2.57. The molecule has 0 aliphatic carbocycles. The number of carbonyl (C=O) groups is 3. The fourth-order valence-corrected chi connectivity index (χ4v) is 4.83. The van der Waals surface area contributed by atoms with E-state index in [0.29, 0.717) is 0 Å². The smallest absolute Gasteiger partial charge is 0.364 e. The number of rotatable bonds is 12. The van der Waals surface area contributed by atoms with Gasteiger partial charge in [0.25, 0.3) is 11.5 Å². The Morgan fingerprint density at radius 3 is 2.18 bits per heavy atom. The van der Waals surface area contributed by atoms with E-state index in [1.54, 1.807) is 0 Å². The maximum Gasteiger partial charge on any atom is 0.364 e. The van der Waals surface area contributed by atoms with Gasteiger partial charge in [-0.2, -0.15) is 0 Å². The number of ether oxygens (including phenoxy) is 4. The fraction of sp³-hybridized carbons (Fsp3) is 0.640. The van der Waals surface area contributed by atoms with Gasteiger partial charge in [-0.25, -0.2) is 4.79 Å². The lowest BCUT2D eigenvalue weighted by Gasteiger charge is -2.47. The summed E-state index contributed by atoms with van der Waals surface area (Å²) < 4.78 is 22.4. The van der Waals surface area contributed by atoms with E-state index in [4.69, 9.17) is 18.9 Å². The van der Waals surface area contributed by atoms with Crippen LogP contribution in [-0.4, -0.2) is 139 Å². The second-order valence-corrected chi connectivity index (χ2v) is 10.3. The normalized spacial score (nSPS) is 33.5. The van der Waals surface area contributed by atoms with E-state index < -0.39 is 109 Å². The SMILES string of the molecule is CC(=O)NC1C(Oc2ccc([N+](=O)[O-])cc2)OC(COC2(C(=O)O)CC(O)C(NC(C)=O)C(C(O)C(O)CO)O2)C(O)C1O. The molecule has 3 rings (SSSR count). The van der Waals surface area contributed by atoms with Crippen LogP contribution in [0.25, 0.3) is 0 Å². The lowest BCUT2D eigenvalue weighted by molar-refractivity contribution is -0.384. The topological polar surface area (TPSA) is 297 Å². The minimum absolute atomic E-state index is 0.00300. The monoisotopic (exact) mass is 633 g/mol. The molecule has 0 bridgehead atoms. The maximum atomic E-state index is 12.4. The number of carboxylic acids is 1. The van der Waals surface area contributed by atoms with E-state index in [0.717, 1.165) is 26.0 Å². The quantitative estimate of drug-likeness (QED) is 0.0784. The first-order valence-electron chi connectivity index (χ1n) is 13.3. The zero-order valence-corrected chi connectivity index (χ0v) is 23.5. The molecule has 2 aliphatic rings. The molecule has 2 fully saturated rings. The van der Waals surface area contributed by atoms with Crippen molar-refractivity contribution in [2.24, 2.45) is 0 Å². The Morgan fingerprint density at radius 2 is 1.66 bits per heavy atom. The van der Waals surface area contributed by atoms with Crippen LogP contribution in [0.3, 0.4) is 0 Å². The van der Waals surface area contributed by atoms with Crippen molar-refractivity contribution in [3.8, 4) is 5.75 Å². The van der Waals surface area contributed by atoms with Crippen molar-refractivity contribution in [3.63, 3.8) is 0 Å². The summed E-state index contributed by atoms with van der Waals surface area (Å²) in [6.07, 6.45) is -15.0. The Labute approximate surface area is 249 Å². The van der Waals surface area contributed by atoms with Gasteiger partial charge in [0.1, 0.15) is 48.4 Å². The van der Waals surface area contributed by atoms with Crippen LogP contribution in [0.2, 0.25) is 0 Å². The first-order valence-corrected chi connectivity index (χ1v) is 13.3. The third-order valence-electron chi connectivity index (χ3n) is 7.04. The molecule has 0 radical (unpaired) electrons. The Kier molecular flexibility index (Phi) is 11.5. The summed E-state index contributed by atoms with van der Waals surface area (Å²) in [5, 5.41) is 87.8. The number of amides is 2. The second-order valence-electron chi connectivity index (χ2n) is 10.3. The lowest BCUT2D eigenvalue weighted by Crippen LogP contribution is -2.69. The molecular formula is C25H35N3O16. The number of aliphatic hydroxyl groups excluding tert-OH is 6. The van der Waals surface area contributed by atoms with Crippen molar-refractivity contribution >= 4 is 23.5 Å². The molecule has 246 valence electrons. The van der Waals surface area contributed by atoms with E-state index in [2.05, 4.69) is 10.6 Å². The van der Waals surface area contributed by atoms with Crippen LogP contribution >= 0.6 is 0 Å². The largest absolute Gasteiger partial charge is 0.477 e. The van der Waals surface area contributed by atoms with Crippen molar-refractivity contribution in [1.29, 1.82) is 0 Å². The van der Waals surface area contributed by atoms with Crippen molar-refractivity contribution < 1.29 is 74.0 Å². The third-order valence-corrected chi connectivity index (χ3v) is 7.04. The maximum absolute atomic E-state index is 12.4. The summed E-state index contributed by atoms with van der Waals surface area (Å²) in [6.45, 7) is 0.341. The van der Waals surface area contributed by atoms with E-state index in [9.17, 15) is 60.2 Å². The van der Waals surface area contributed by atoms with Crippen molar-refractivity contribution in [3.05, 3.63) is 34.4 Å². The molecule has 2 aliphatic heterocycles. The molecular weight excluding hydrogens is 598 g/mol. The zero-order chi connectivity index (χ0) is 32.9. The summed E-state index contributed by atoms with van der Waals surface area (Å²) >= 11 is 0. The van der Waals surface area contributed by atoms with Gasteiger partial charge in [-0.1, -0.05) is 0 Å². The zero-order valence-electron chi connectivity index (χ0n) is 23.5. The number of carboxylic acid groups (broad SMARTS) is 1. The van der Waals surface area contributed by atoms with Gasteiger partial charge in [-0.3, -0.25) is 19.7 Å². The van der Waals surface area contributed by atoms with Crippen LogP contribution < -0.4 is 15.4 Å². The Hall–Kier alpha value is -3.53. The molecule has 0 spiro atoms. The average Bonchev–Trinajstić information content (AvgIpc) is 2.96. The first kappa shape index (κ1) is 35.0. The number of nitro benzene ring substituents is 1. The van der Waals surface area contributed by atoms with Crippen molar-refractivity contribution in [2.75, 3.05) is 13.2 Å². The predicted octanol–water partition coefficient (Wildman–Crippen LogP) is -3.91. The van der Waals surface area contributed by atoms with Gasteiger partial charge in [-0.05, 0) is 12.1 Å². The number of nitrogens with one attached hydrogen (secondary N) is 2. The number of aliphatic hydroxyl groups is 6. The first-order chi connectivity index (χ1) is 20.6. The van der Waals surface area contributed by atoms with E-state index in [-0.39, 0.29) is 11.4 Å². The van der Waals surface area contributed by atoms with Crippen LogP contribution in [0.5, 0.6) is 5.75 Å². The third kappa shape index (κ3) is 7.94. The van der Waals surface area contributed by atoms with Gasteiger partial charge in [-0.15, -0.1) is 0 Å². The minimum atomic E-state index is -2.77. The number of nitro groups is 1. The van der Waals surface area contributed by atoms with E-state index in [1.807, 2.05) is 0 Å². The second kappa shape index (κ2) is 14.5. The molecule has 19 nitrogen and oxygen atoms in total. The summed E-state index contributed by atoms with van der Waals surface area (Å²) in [7, 11) is 0. The molecule has 0 saturated carbocycles. The number of nitrogens with zero attached hydrogens (tertiary/aromatic N) is 1. The summed E-state index contributed by atoms with van der Waals surface area (Å²) in [4.78, 5) is 46.2. The van der Waals surface area contributed by atoms with Crippen LogP contribution in [0.4, 0.5) is 5.69 Å². The van der Waals surface area contributed by atoms with Gasteiger partial charge < -0.3 is 65.3 Å². The highest BCUT2D eigenvalue weighted by Crippen LogP contribution is 2.35. The van der Waals surface area contributed by atoms with Gasteiger partial charge in [0.05, 0.1) is 30.3 Å². The minimum Gasteiger partial charge on any atom is -0.477 e. The van der Waals surface area contributed by atoms with Crippen LogP contribution in [0, 0.1) is 10.1 Å². The van der Waals surface area contributed by atoms with Crippen molar-refractivity contribution in [2.45, 2.75) is 87.2 Å². The number of hydrogen-bond donors (Lipinski definition) is 9. The summed E-state index contributed by atoms with van der Waals surface area (Å²) in [5.41, 5.74) is -0.258. The summed E-state index contributed by atoms with van der Waals surface area (Å²) in [6, 6.07) is 1.83. The van der Waals surface area contributed by atoms with Crippen molar-refractivity contribution in [1.82, 2.24) is 10.6 Å². The average molecular weight is 634 g/mol. The highest BCUT2D eigenvalue weighted by molar-refractivity contribution is 5.76. The number of carbonyl (C=O) groups excluding carboxylic acids is 2. The molecule has 44 heavy (non-hydrogen) atoms. The molecule has 1 aromatic rings. The number of benzene rings is 1. The lowest BCUT2D eigenvalue weighted by atomic mass is 9.88. The van der Waals surface area contributed by atoms with Crippen LogP contribution in [0.1, 0.15) is 20.3 Å². The Bertz CT molecular complexity index is 1190. The molecule has 2 heterocycles. The predicted molar refractivity (Wildman–Crippen MR) is 141 cm³/mol. The van der Waals surface area contributed by atoms with Gasteiger partial charge in [0.15, 0.2) is 0 Å². The molecule has 0 aromatic heterocycles. The van der Waals surface area contributed by atoms with Crippen LogP contribution in [-0.2, 0) is 28.6 Å². The molecule has 11 atom stereocenters. The molecule has 19 heteroatoms. The Morgan fingerprint density at radius 1 is 1.07 bits per heavy atom. The van der Waals surface area contributed by atoms with E-state index >= 15 is 0 Å². The molecule has 9 N–H and O–H groups in total. The van der Waals surface area contributed by atoms with E-state index in [1.165, 1.54) is 12.1 Å². The molecule has 1 aromatic carbocycles. The fourth-order valence-electron chi connectivity index (χ4n) is 4.83. The van der Waals surface area contributed by atoms with Gasteiger partial charge in [0, 0.05) is 32.4 Å².